The number of carbonyl (C=O) groups excluding carboxylic acids is 1. The molecule has 46 heavy (non-hydrogen) atoms. The third kappa shape index (κ3) is 8.52. The second kappa shape index (κ2) is 16.0. The average molecular weight is 716 g/mol. The minimum atomic E-state index is -3.76. The van der Waals surface area contributed by atoms with Crippen LogP contribution in [0.2, 0.25) is 0 Å². The summed E-state index contributed by atoms with van der Waals surface area (Å²) in [6, 6.07) is 22.6. The lowest BCUT2D eigenvalue weighted by Crippen LogP contribution is -2.54. The van der Waals surface area contributed by atoms with Gasteiger partial charge in [0.1, 0.15) is 5.75 Å². The number of aliphatic hydroxyl groups is 1. The number of carbonyl (C=O) groups is 1. The molecule has 3 aromatic rings. The van der Waals surface area contributed by atoms with Crippen LogP contribution in [0.4, 0.5) is 0 Å². The number of rotatable bonds is 15. The second-order valence-electron chi connectivity index (χ2n) is 11.1. The molecule has 0 aliphatic carbocycles. The van der Waals surface area contributed by atoms with Crippen LogP contribution in [0, 0.1) is 0 Å². The molecule has 246 valence electrons. The summed E-state index contributed by atoms with van der Waals surface area (Å²) in [4.78, 5) is 21.6. The summed E-state index contributed by atoms with van der Waals surface area (Å²) in [5.74, 6) is 0.00549. The van der Waals surface area contributed by atoms with Crippen LogP contribution in [0.5, 0.6) is 5.75 Å². The molecule has 0 bridgehead atoms. The zero-order chi connectivity index (χ0) is 32.4. The molecule has 3 aromatic carbocycles. The fourth-order valence-electron chi connectivity index (χ4n) is 5.33. The Morgan fingerprint density at radius 2 is 1.76 bits per heavy atom. The van der Waals surface area contributed by atoms with Crippen LogP contribution in [0.15, 0.2) is 93.2 Å². The van der Waals surface area contributed by atoms with Crippen molar-refractivity contribution in [3.05, 3.63) is 94.5 Å². The molecule has 0 aromatic heterocycles. The molecule has 3 N–H and O–H groups in total. The Morgan fingerprint density at radius 1 is 1.04 bits per heavy atom. The summed E-state index contributed by atoms with van der Waals surface area (Å²) in [6.45, 7) is 4.55. The Labute approximate surface area is 278 Å². The number of benzene rings is 3. The number of nitrogens with zero attached hydrogens (tertiary/aromatic N) is 2. The van der Waals surface area contributed by atoms with Gasteiger partial charge in [-0.15, -0.1) is 0 Å². The van der Waals surface area contributed by atoms with Gasteiger partial charge in [-0.25, -0.2) is 18.8 Å². The standard InChI is InChI=1S/C33H39BrN4O7S/c34-27-11-7-25(8-12-27)30-33(15-24-46(41,42)29-5-2-1-3-6-29,32(40)37-35-16-17-38-18-22-43-23-19-38)36-31(45-30)26-9-13-28(14-10-26)44-21-4-20-39/h1-3,5-14,30,35,39H,4,15-24H2,(H,37,40)/t30-,33-/m0/s1. The van der Waals surface area contributed by atoms with Crippen molar-refractivity contribution in [2.24, 2.45) is 4.99 Å². The molecule has 5 rings (SSSR count). The first-order chi connectivity index (χ1) is 22.3. The molecule has 0 spiro atoms. The van der Waals surface area contributed by atoms with Crippen LogP contribution in [-0.2, 0) is 24.1 Å². The lowest BCUT2D eigenvalue weighted by atomic mass is 9.85. The van der Waals surface area contributed by atoms with Gasteiger partial charge in [0.05, 0.1) is 30.5 Å². The van der Waals surface area contributed by atoms with E-state index in [9.17, 15) is 13.2 Å². The number of aliphatic hydroxyl groups excluding tert-OH is 1. The van der Waals surface area contributed by atoms with E-state index < -0.39 is 27.4 Å². The Balaban J connectivity index is 1.46. The largest absolute Gasteiger partial charge is 0.494 e. The van der Waals surface area contributed by atoms with Crippen molar-refractivity contribution >= 4 is 37.6 Å². The highest BCUT2D eigenvalue weighted by atomic mass is 79.9. The van der Waals surface area contributed by atoms with Gasteiger partial charge in [-0.05, 0) is 54.1 Å². The quantitative estimate of drug-likeness (QED) is 0.160. The molecule has 1 amide bonds. The zero-order valence-electron chi connectivity index (χ0n) is 25.4. The van der Waals surface area contributed by atoms with Gasteiger partial charge in [0.25, 0.3) is 5.91 Å². The van der Waals surface area contributed by atoms with Gasteiger partial charge in [0.2, 0.25) is 5.90 Å². The van der Waals surface area contributed by atoms with Crippen molar-refractivity contribution in [1.82, 2.24) is 15.8 Å². The smallest absolute Gasteiger partial charge is 0.266 e. The first-order valence-corrected chi connectivity index (χ1v) is 17.7. The van der Waals surface area contributed by atoms with E-state index in [1.54, 1.807) is 54.6 Å². The zero-order valence-corrected chi connectivity index (χ0v) is 27.8. The summed E-state index contributed by atoms with van der Waals surface area (Å²) in [7, 11) is -3.76. The molecular formula is C33H39BrN4O7S. The molecule has 2 aliphatic heterocycles. The highest BCUT2D eigenvalue weighted by Gasteiger charge is 2.53. The fourth-order valence-corrected chi connectivity index (χ4v) is 6.99. The predicted octanol–water partition coefficient (Wildman–Crippen LogP) is 3.28. The predicted molar refractivity (Wildman–Crippen MR) is 177 cm³/mol. The third-order valence-electron chi connectivity index (χ3n) is 7.92. The van der Waals surface area contributed by atoms with E-state index in [-0.39, 0.29) is 29.6 Å². The van der Waals surface area contributed by atoms with E-state index in [2.05, 4.69) is 31.7 Å². The third-order valence-corrected chi connectivity index (χ3v) is 10.2. The van der Waals surface area contributed by atoms with Gasteiger partial charge in [-0.1, -0.05) is 46.3 Å². The average Bonchev–Trinajstić information content (AvgIpc) is 3.48. The lowest BCUT2D eigenvalue weighted by Gasteiger charge is -2.31. The molecular weight excluding hydrogens is 676 g/mol. The molecule has 0 unspecified atom stereocenters. The van der Waals surface area contributed by atoms with E-state index in [1.165, 1.54) is 0 Å². The normalized spacial score (nSPS) is 20.1. The van der Waals surface area contributed by atoms with Gasteiger partial charge in [-0.3, -0.25) is 15.1 Å². The topological polar surface area (TPSA) is 139 Å². The molecule has 1 saturated heterocycles. The molecule has 2 heterocycles. The van der Waals surface area contributed by atoms with Crippen LogP contribution in [0.25, 0.3) is 0 Å². The number of morpholine rings is 1. The highest BCUT2D eigenvalue weighted by Crippen LogP contribution is 2.43. The number of aliphatic imine (C=N–C) groups is 1. The fraction of sp³-hybridized carbons (Fsp3) is 0.394. The van der Waals surface area contributed by atoms with Gasteiger partial charge in [-0.2, -0.15) is 0 Å². The summed E-state index contributed by atoms with van der Waals surface area (Å²) in [5.41, 5.74) is 5.52. The Hall–Kier alpha value is -3.33. The molecule has 11 nitrogen and oxygen atoms in total. The number of amides is 1. The van der Waals surface area contributed by atoms with Crippen molar-refractivity contribution < 1.29 is 32.5 Å². The molecule has 2 atom stereocenters. The monoisotopic (exact) mass is 714 g/mol. The summed E-state index contributed by atoms with van der Waals surface area (Å²) < 4.78 is 45.4. The number of hydrazine groups is 1. The van der Waals surface area contributed by atoms with Crippen LogP contribution in [-0.4, -0.2) is 94.1 Å². The van der Waals surface area contributed by atoms with E-state index in [4.69, 9.17) is 24.3 Å². The molecule has 0 radical (unpaired) electrons. The van der Waals surface area contributed by atoms with E-state index in [0.717, 1.165) is 17.6 Å². The molecule has 13 heteroatoms. The van der Waals surface area contributed by atoms with E-state index >= 15 is 0 Å². The summed E-state index contributed by atoms with van der Waals surface area (Å²) in [5, 5.41) is 9.05. The van der Waals surface area contributed by atoms with Crippen LogP contribution < -0.4 is 15.6 Å². The SMILES string of the molecule is O=C(NNCCN1CCOCC1)[C@@]1(CCS(=O)(=O)c2ccccc2)N=C(c2ccc(OCCCO)cc2)O[C@H]1c1ccc(Br)cc1. The first kappa shape index (κ1) is 34.0. The molecule has 1 fully saturated rings. The van der Waals surface area contributed by atoms with E-state index in [0.29, 0.717) is 56.2 Å². The minimum Gasteiger partial charge on any atom is -0.494 e. The Bertz CT molecular complexity index is 1570. The number of nitrogens with one attached hydrogen (secondary N) is 2. The highest BCUT2D eigenvalue weighted by molar-refractivity contribution is 9.10. The van der Waals surface area contributed by atoms with Crippen molar-refractivity contribution in [2.45, 2.75) is 29.4 Å². The summed E-state index contributed by atoms with van der Waals surface area (Å²) >= 11 is 3.47. The van der Waals surface area contributed by atoms with Gasteiger partial charge in [0, 0.05) is 55.7 Å². The minimum absolute atomic E-state index is 0.0341. The number of sulfone groups is 1. The molecule has 2 aliphatic rings. The van der Waals surface area contributed by atoms with Crippen molar-refractivity contribution in [1.29, 1.82) is 0 Å². The van der Waals surface area contributed by atoms with Crippen LogP contribution in [0.3, 0.4) is 0 Å². The second-order valence-corrected chi connectivity index (χ2v) is 14.1. The maximum Gasteiger partial charge on any atom is 0.266 e. The first-order valence-electron chi connectivity index (χ1n) is 15.3. The van der Waals surface area contributed by atoms with Gasteiger partial charge >= 0.3 is 0 Å². The van der Waals surface area contributed by atoms with Crippen molar-refractivity contribution in [3.8, 4) is 5.75 Å². The van der Waals surface area contributed by atoms with Crippen LogP contribution >= 0.6 is 15.9 Å². The summed E-state index contributed by atoms with van der Waals surface area (Å²) in [6.07, 6.45) is -0.535. The number of hydrogen-bond donors (Lipinski definition) is 3. The number of halogens is 1. The maximum absolute atomic E-state index is 14.3. The Kier molecular flexibility index (Phi) is 11.8. The van der Waals surface area contributed by atoms with Gasteiger partial charge in [0.15, 0.2) is 21.5 Å². The van der Waals surface area contributed by atoms with Crippen molar-refractivity contribution in [2.75, 3.05) is 58.4 Å². The van der Waals surface area contributed by atoms with E-state index in [1.807, 2.05) is 24.3 Å². The van der Waals surface area contributed by atoms with Crippen molar-refractivity contribution in [3.63, 3.8) is 0 Å². The lowest BCUT2D eigenvalue weighted by molar-refractivity contribution is -0.130. The van der Waals surface area contributed by atoms with Crippen LogP contribution in [0.1, 0.15) is 30.1 Å². The molecule has 0 saturated carbocycles. The number of hydrogen-bond acceptors (Lipinski definition) is 10. The van der Waals surface area contributed by atoms with Gasteiger partial charge < -0.3 is 19.3 Å². The maximum atomic E-state index is 14.3. The Morgan fingerprint density at radius 3 is 2.46 bits per heavy atom. The number of ether oxygens (including phenoxy) is 3.